The minimum absolute atomic E-state index is 0.0481. The number of amides is 4. The van der Waals surface area contributed by atoms with Gasteiger partial charge in [0, 0.05) is 41.8 Å². The maximum atomic E-state index is 15.2. The quantitative estimate of drug-likeness (QED) is 0.425. The van der Waals surface area contributed by atoms with E-state index in [2.05, 4.69) is 5.32 Å². The van der Waals surface area contributed by atoms with Crippen LogP contribution in [0.15, 0.2) is 54.6 Å². The van der Waals surface area contributed by atoms with Crippen LogP contribution in [-0.2, 0) is 22.7 Å². The fourth-order valence-electron chi connectivity index (χ4n) is 6.56. The van der Waals surface area contributed by atoms with Gasteiger partial charge in [0.25, 0.3) is 11.8 Å². The van der Waals surface area contributed by atoms with E-state index in [0.717, 1.165) is 0 Å². The van der Waals surface area contributed by atoms with Gasteiger partial charge in [-0.05, 0) is 55.3 Å². The van der Waals surface area contributed by atoms with Crippen LogP contribution in [0.4, 0.5) is 14.5 Å². The average molecular weight is 612 g/mol. The molecule has 12 heteroatoms. The third kappa shape index (κ3) is 5.04. The molecule has 4 aliphatic rings. The Kier molecular flexibility index (Phi) is 6.96. The van der Waals surface area contributed by atoms with Crippen molar-refractivity contribution in [3.05, 3.63) is 94.0 Å². The van der Waals surface area contributed by atoms with E-state index in [1.165, 1.54) is 23.1 Å². The van der Waals surface area contributed by atoms with Crippen molar-refractivity contribution in [3.63, 3.8) is 0 Å². The van der Waals surface area contributed by atoms with E-state index >= 15 is 4.39 Å². The summed E-state index contributed by atoms with van der Waals surface area (Å²) in [5, 5.41) is 11.3. The first-order valence-electron chi connectivity index (χ1n) is 14.7. The summed E-state index contributed by atoms with van der Waals surface area (Å²) in [4.78, 5) is 55.4. The van der Waals surface area contributed by atoms with Crippen LogP contribution < -0.4 is 15.0 Å². The second kappa shape index (κ2) is 11.0. The van der Waals surface area contributed by atoms with Crippen LogP contribution in [-0.4, -0.2) is 64.6 Å². The molecule has 3 atom stereocenters. The van der Waals surface area contributed by atoms with Gasteiger partial charge < -0.3 is 19.4 Å². The predicted octanol–water partition coefficient (Wildman–Crippen LogP) is 3.28. The van der Waals surface area contributed by atoms with Gasteiger partial charge in [-0.3, -0.25) is 24.5 Å². The molecular weight excluding hydrogens is 584 g/mol. The van der Waals surface area contributed by atoms with Gasteiger partial charge in [-0.25, -0.2) is 8.78 Å². The summed E-state index contributed by atoms with van der Waals surface area (Å²) in [7, 11) is 0. The number of rotatable bonds is 6. The molecule has 0 radical (unpaired) electrons. The SMILES string of the molecule is N#Cc1ccc(N2CCN(C(=O)c3ccc(COc4cccc5c4CN([C@H]4CCC(=O)NC4=O)C5=O)c(F)c3)C3CC32)c(F)c1. The van der Waals surface area contributed by atoms with Crippen LogP contribution in [0.25, 0.3) is 0 Å². The molecule has 3 fully saturated rings. The van der Waals surface area contributed by atoms with E-state index in [0.29, 0.717) is 42.1 Å². The smallest absolute Gasteiger partial charge is 0.255 e. The van der Waals surface area contributed by atoms with E-state index in [4.69, 9.17) is 10.00 Å². The van der Waals surface area contributed by atoms with Gasteiger partial charge in [0.15, 0.2) is 0 Å². The predicted molar refractivity (Wildman–Crippen MR) is 155 cm³/mol. The van der Waals surface area contributed by atoms with E-state index < -0.39 is 23.6 Å². The topological polar surface area (TPSA) is 123 Å². The highest BCUT2D eigenvalue weighted by Gasteiger charge is 2.51. The van der Waals surface area contributed by atoms with Crippen molar-refractivity contribution < 1.29 is 32.7 Å². The molecule has 7 rings (SSSR count). The lowest BCUT2D eigenvalue weighted by Crippen LogP contribution is -2.52. The molecule has 4 amide bonds. The molecule has 228 valence electrons. The summed E-state index contributed by atoms with van der Waals surface area (Å²) >= 11 is 0. The number of carbonyl (C=O) groups is 4. The highest BCUT2D eigenvalue weighted by molar-refractivity contribution is 6.05. The molecule has 2 unspecified atom stereocenters. The maximum Gasteiger partial charge on any atom is 0.255 e. The minimum atomic E-state index is -0.760. The van der Waals surface area contributed by atoms with Crippen LogP contribution in [0.3, 0.4) is 0 Å². The molecular formula is C33H27F2N5O5. The van der Waals surface area contributed by atoms with E-state index in [9.17, 15) is 23.6 Å². The van der Waals surface area contributed by atoms with Crippen molar-refractivity contribution in [1.82, 2.24) is 15.1 Å². The fourth-order valence-corrected chi connectivity index (χ4v) is 6.56. The van der Waals surface area contributed by atoms with Crippen molar-refractivity contribution in [2.45, 2.75) is 50.5 Å². The van der Waals surface area contributed by atoms with Crippen LogP contribution in [0.5, 0.6) is 5.75 Å². The molecule has 10 nitrogen and oxygen atoms in total. The number of imide groups is 1. The molecule has 1 N–H and O–H groups in total. The molecule has 2 saturated heterocycles. The van der Waals surface area contributed by atoms with E-state index in [1.54, 1.807) is 41.3 Å². The molecule has 45 heavy (non-hydrogen) atoms. The molecule has 3 aromatic carbocycles. The first-order valence-corrected chi connectivity index (χ1v) is 14.7. The lowest BCUT2D eigenvalue weighted by atomic mass is 10.0. The Morgan fingerprint density at radius 2 is 1.84 bits per heavy atom. The van der Waals surface area contributed by atoms with Crippen LogP contribution in [0.1, 0.15) is 56.7 Å². The van der Waals surface area contributed by atoms with Gasteiger partial charge in [0.2, 0.25) is 11.8 Å². The Balaban J connectivity index is 1.00. The number of hydrogen-bond donors (Lipinski definition) is 1. The molecule has 1 aliphatic carbocycles. The van der Waals surface area contributed by atoms with Crippen molar-refractivity contribution >= 4 is 29.3 Å². The number of piperidine rings is 1. The summed E-state index contributed by atoms with van der Waals surface area (Å²) in [5.74, 6) is -2.22. The Bertz CT molecular complexity index is 1820. The standard InChI is InChI=1S/C33H27F2N5O5/c34-23-13-19(32(43)39-11-10-38(27-14-28(27)39)25-7-4-18(15-36)12-24(25)35)5-6-20(23)17-45-29-3-1-2-21-22(29)16-40(33(21)44)26-8-9-30(41)37-31(26)42/h1-7,12-13,26-28H,8-11,14,16-17H2,(H,37,41,42)/t26-,27?,28?/m0/s1. The van der Waals surface area contributed by atoms with Gasteiger partial charge in [-0.2, -0.15) is 5.26 Å². The minimum Gasteiger partial charge on any atom is -0.488 e. The molecule has 3 heterocycles. The number of anilines is 1. The normalized spacial score (nSPS) is 22.0. The molecule has 0 aromatic heterocycles. The summed E-state index contributed by atoms with van der Waals surface area (Å²) in [5.41, 5.74) is 2.04. The molecule has 3 aliphatic heterocycles. The van der Waals surface area contributed by atoms with Crippen LogP contribution in [0, 0.1) is 23.0 Å². The van der Waals surface area contributed by atoms with Crippen molar-refractivity contribution in [1.29, 1.82) is 5.26 Å². The Morgan fingerprint density at radius 3 is 2.60 bits per heavy atom. The van der Waals surface area contributed by atoms with E-state index in [-0.39, 0.29) is 72.5 Å². The second-order valence-corrected chi connectivity index (χ2v) is 11.6. The lowest BCUT2D eigenvalue weighted by Gasteiger charge is -2.35. The summed E-state index contributed by atoms with van der Waals surface area (Å²) in [6.07, 6.45) is 1.06. The Morgan fingerprint density at radius 1 is 1.00 bits per heavy atom. The molecule has 0 bridgehead atoms. The third-order valence-electron chi connectivity index (χ3n) is 8.98. The highest BCUT2D eigenvalue weighted by atomic mass is 19.1. The maximum absolute atomic E-state index is 15.2. The Labute approximate surface area is 256 Å². The zero-order chi connectivity index (χ0) is 31.4. The number of ether oxygens (including phenoxy) is 1. The summed E-state index contributed by atoms with van der Waals surface area (Å²) in [6.45, 7) is 0.733. The number of piperazine rings is 1. The number of nitrogens with one attached hydrogen (secondary N) is 1. The highest BCUT2D eigenvalue weighted by Crippen LogP contribution is 2.41. The van der Waals surface area contributed by atoms with Crippen molar-refractivity contribution in [3.8, 4) is 11.8 Å². The molecule has 3 aromatic rings. The molecule has 0 spiro atoms. The monoisotopic (exact) mass is 611 g/mol. The van der Waals surface area contributed by atoms with Crippen LogP contribution >= 0.6 is 0 Å². The number of nitrogens with zero attached hydrogens (tertiary/aromatic N) is 4. The zero-order valence-electron chi connectivity index (χ0n) is 24.0. The second-order valence-electron chi connectivity index (χ2n) is 11.6. The summed E-state index contributed by atoms with van der Waals surface area (Å²) in [6, 6.07) is 14.6. The fraction of sp³-hybridized carbons (Fsp3) is 0.303. The number of halogens is 2. The Hall–Kier alpha value is -5.31. The first-order chi connectivity index (χ1) is 21.7. The third-order valence-corrected chi connectivity index (χ3v) is 8.98. The number of hydrogen-bond acceptors (Lipinski definition) is 7. The van der Waals surface area contributed by atoms with E-state index in [1.807, 2.05) is 11.0 Å². The first kappa shape index (κ1) is 28.5. The van der Waals surface area contributed by atoms with Gasteiger partial charge in [0.05, 0.1) is 35.9 Å². The number of fused-ring (bicyclic) bond motifs is 2. The van der Waals surface area contributed by atoms with Crippen LogP contribution in [0.2, 0.25) is 0 Å². The van der Waals surface area contributed by atoms with Gasteiger partial charge in [-0.1, -0.05) is 12.1 Å². The van der Waals surface area contributed by atoms with Crippen molar-refractivity contribution in [2.24, 2.45) is 0 Å². The number of carbonyl (C=O) groups excluding carboxylic acids is 4. The lowest BCUT2D eigenvalue weighted by molar-refractivity contribution is -0.136. The van der Waals surface area contributed by atoms with Gasteiger partial charge in [-0.15, -0.1) is 0 Å². The number of benzene rings is 3. The van der Waals surface area contributed by atoms with Crippen molar-refractivity contribution in [2.75, 3.05) is 18.0 Å². The summed E-state index contributed by atoms with van der Waals surface area (Å²) < 4.78 is 35.8. The average Bonchev–Trinajstić information content (AvgIpc) is 3.77. The molecule has 1 saturated carbocycles. The largest absolute Gasteiger partial charge is 0.488 e. The zero-order valence-corrected chi connectivity index (χ0v) is 24.0. The van der Waals surface area contributed by atoms with Gasteiger partial charge >= 0.3 is 0 Å². The number of nitriles is 1. The van der Waals surface area contributed by atoms with Gasteiger partial charge in [0.1, 0.15) is 30.0 Å².